The van der Waals surface area contributed by atoms with Gasteiger partial charge in [0.25, 0.3) is 5.91 Å². The van der Waals surface area contributed by atoms with Gasteiger partial charge in [-0.2, -0.15) is 4.98 Å². The monoisotopic (exact) mass is 376 g/mol. The van der Waals surface area contributed by atoms with Gasteiger partial charge < -0.3 is 15.1 Å². The molecule has 138 valence electrons. The van der Waals surface area contributed by atoms with E-state index in [0.717, 1.165) is 18.5 Å². The van der Waals surface area contributed by atoms with Crippen molar-refractivity contribution in [3.05, 3.63) is 29.0 Å². The van der Waals surface area contributed by atoms with E-state index in [1.807, 2.05) is 11.9 Å². The number of nitrogens with two attached hydrogens (primary N) is 1. The molecule has 1 saturated carbocycles. The number of rotatable bonds is 3. The molecule has 0 atom stereocenters. The van der Waals surface area contributed by atoms with Crippen molar-refractivity contribution >= 4 is 33.4 Å². The Balaban J connectivity index is 1.61. The summed E-state index contributed by atoms with van der Waals surface area (Å²) in [6, 6.07) is 0. The van der Waals surface area contributed by atoms with Gasteiger partial charge in [-0.15, -0.1) is 0 Å². The normalized spacial score (nSPS) is 21.3. The number of primary sulfonamides is 1. The first-order valence-corrected chi connectivity index (χ1v) is 9.86. The van der Waals surface area contributed by atoms with Crippen LogP contribution in [0.2, 0.25) is 0 Å². The second kappa shape index (κ2) is 5.52. The fourth-order valence-corrected chi connectivity index (χ4v) is 4.09. The van der Waals surface area contributed by atoms with Crippen molar-refractivity contribution in [1.82, 2.24) is 9.97 Å². The van der Waals surface area contributed by atoms with E-state index >= 15 is 0 Å². The molecule has 2 heterocycles. The molecule has 26 heavy (non-hydrogen) atoms. The number of amides is 1. The lowest BCUT2D eigenvalue weighted by Gasteiger charge is -2.38. The van der Waals surface area contributed by atoms with E-state index in [1.165, 1.54) is 6.08 Å². The number of anilines is 3. The molecule has 0 saturated heterocycles. The maximum atomic E-state index is 12.5. The number of allylic oxidation sites excluding steroid dienone is 4. The van der Waals surface area contributed by atoms with Gasteiger partial charge >= 0.3 is 0 Å². The Morgan fingerprint density at radius 3 is 2.54 bits per heavy atom. The fraction of sp³-hybridized carbons (Fsp3) is 0.438. The molecule has 9 nitrogen and oxygen atoms in total. The molecule has 4 rings (SSSR count). The molecule has 1 spiro atoms. The number of likely N-dealkylation sites (N-methyl/N-ethyl adjacent to an activating group) is 2. The van der Waals surface area contributed by atoms with Crippen molar-refractivity contribution in [2.75, 3.05) is 29.2 Å². The van der Waals surface area contributed by atoms with Gasteiger partial charge in [-0.05, 0) is 37.8 Å². The number of aromatic nitrogens is 2. The highest BCUT2D eigenvalue weighted by Gasteiger charge is 2.58. The Bertz CT molecular complexity index is 964. The minimum Gasteiger partial charge on any atom is -0.343 e. The van der Waals surface area contributed by atoms with Gasteiger partial charge in [0.1, 0.15) is 11.2 Å². The second-order valence-corrected chi connectivity index (χ2v) is 8.47. The van der Waals surface area contributed by atoms with Crippen LogP contribution in [0.15, 0.2) is 29.0 Å². The molecule has 1 aromatic heterocycles. The van der Waals surface area contributed by atoms with Gasteiger partial charge in [0.15, 0.2) is 5.82 Å². The van der Waals surface area contributed by atoms with E-state index in [-0.39, 0.29) is 10.8 Å². The lowest BCUT2D eigenvalue weighted by molar-refractivity contribution is -0.120. The van der Waals surface area contributed by atoms with Crippen molar-refractivity contribution in [1.29, 1.82) is 0 Å². The smallest absolute Gasteiger partial charge is 0.252 e. The van der Waals surface area contributed by atoms with Crippen molar-refractivity contribution in [2.24, 2.45) is 5.14 Å². The van der Waals surface area contributed by atoms with Crippen molar-refractivity contribution < 1.29 is 13.2 Å². The van der Waals surface area contributed by atoms with E-state index in [4.69, 9.17) is 5.14 Å². The summed E-state index contributed by atoms with van der Waals surface area (Å²) in [6.07, 6.45) is 7.29. The van der Waals surface area contributed by atoms with Crippen molar-refractivity contribution in [2.45, 2.75) is 31.2 Å². The summed E-state index contributed by atoms with van der Waals surface area (Å²) in [7, 11) is -0.0181. The molecule has 0 bridgehead atoms. The van der Waals surface area contributed by atoms with Crippen LogP contribution in [0, 0.1) is 0 Å². The van der Waals surface area contributed by atoms with Crippen molar-refractivity contribution in [3.63, 3.8) is 0 Å². The van der Waals surface area contributed by atoms with Gasteiger partial charge in [0.2, 0.25) is 16.0 Å². The van der Waals surface area contributed by atoms with Crippen LogP contribution in [0.3, 0.4) is 0 Å². The molecule has 1 aliphatic heterocycles. The number of nitrogens with one attached hydrogen (secondary N) is 1. The minimum atomic E-state index is -3.65. The number of carbonyl (C=O) groups excluding carboxylic acids is 1. The van der Waals surface area contributed by atoms with Gasteiger partial charge in [0.05, 0.1) is 11.1 Å². The zero-order valence-corrected chi connectivity index (χ0v) is 15.4. The highest BCUT2D eigenvalue weighted by atomic mass is 32.2. The number of hydrogen-bond acceptors (Lipinski definition) is 7. The van der Waals surface area contributed by atoms with E-state index in [1.54, 1.807) is 24.2 Å². The predicted octanol–water partition coefficient (Wildman–Crippen LogP) is 0.684. The minimum absolute atomic E-state index is 0.0764. The quantitative estimate of drug-likeness (QED) is 0.795. The molecule has 10 heteroatoms. The average Bonchev–Trinajstić information content (AvgIpc) is 3.40. The molecule has 0 unspecified atom stereocenters. The molecule has 3 aliphatic rings. The zero-order valence-electron chi connectivity index (χ0n) is 14.6. The van der Waals surface area contributed by atoms with E-state index < -0.39 is 15.6 Å². The molecule has 1 fully saturated rings. The first-order valence-electron chi connectivity index (χ1n) is 8.31. The number of carbonyl (C=O) groups is 1. The van der Waals surface area contributed by atoms with Crippen LogP contribution in [-0.4, -0.2) is 43.9 Å². The third-order valence-corrected chi connectivity index (χ3v) is 6.32. The van der Waals surface area contributed by atoms with Crippen LogP contribution in [0.25, 0.3) is 0 Å². The topological polar surface area (TPSA) is 122 Å². The highest BCUT2D eigenvalue weighted by Crippen LogP contribution is 2.50. The summed E-state index contributed by atoms with van der Waals surface area (Å²) < 4.78 is 22.7. The Labute approximate surface area is 151 Å². The van der Waals surface area contributed by atoms with E-state index in [2.05, 4.69) is 15.3 Å². The van der Waals surface area contributed by atoms with E-state index in [9.17, 15) is 13.2 Å². The second-order valence-electron chi connectivity index (χ2n) is 6.85. The molecule has 0 radical (unpaired) electrons. The van der Waals surface area contributed by atoms with E-state index in [0.29, 0.717) is 30.3 Å². The van der Waals surface area contributed by atoms with Crippen LogP contribution in [0.4, 0.5) is 17.5 Å². The zero-order chi connectivity index (χ0) is 18.7. The maximum Gasteiger partial charge on any atom is 0.252 e. The SMILES string of the molecule is CN1C(=O)C2(CC2)N(C)c2nc(NC3=CC=C(S(N)(=O)=O)CC3)ncc21. The maximum absolute atomic E-state index is 12.5. The molecule has 2 aliphatic carbocycles. The van der Waals surface area contributed by atoms with Gasteiger partial charge in [-0.3, -0.25) is 4.79 Å². The largest absolute Gasteiger partial charge is 0.343 e. The van der Waals surface area contributed by atoms with Gasteiger partial charge in [-0.25, -0.2) is 18.5 Å². The average molecular weight is 376 g/mol. The lowest BCUT2D eigenvalue weighted by Crippen LogP contribution is -2.53. The highest BCUT2D eigenvalue weighted by molar-refractivity contribution is 7.93. The number of nitrogens with zero attached hydrogens (tertiary/aromatic N) is 4. The summed E-state index contributed by atoms with van der Waals surface area (Å²) in [5, 5.41) is 8.27. The number of hydrogen-bond donors (Lipinski definition) is 2. The van der Waals surface area contributed by atoms with Crippen LogP contribution in [-0.2, 0) is 14.8 Å². The van der Waals surface area contributed by atoms with Crippen LogP contribution in [0.5, 0.6) is 0 Å². The standard InChI is InChI=1S/C16H20N6O3S/c1-21-12-9-18-15(19-10-3-5-11(6-4-10)26(17,24)25)20-13(12)22(2)16(7-8-16)14(21)23/h3,5,9H,4,6-8H2,1-2H3,(H2,17,24,25)(H,18,19,20). The molecular weight excluding hydrogens is 356 g/mol. The summed E-state index contributed by atoms with van der Waals surface area (Å²) in [5.74, 6) is 1.19. The number of fused-ring (bicyclic) bond motifs is 1. The first kappa shape index (κ1) is 17.0. The third-order valence-electron chi connectivity index (χ3n) is 5.25. The molecule has 1 amide bonds. The molecular formula is C16H20N6O3S. The predicted molar refractivity (Wildman–Crippen MR) is 97.9 cm³/mol. The summed E-state index contributed by atoms with van der Waals surface area (Å²) in [6.45, 7) is 0. The Morgan fingerprint density at radius 2 is 1.96 bits per heavy atom. The Hall–Kier alpha value is -2.46. The summed E-state index contributed by atoms with van der Waals surface area (Å²) >= 11 is 0. The molecule has 0 aromatic carbocycles. The molecule has 3 N–H and O–H groups in total. The van der Waals surface area contributed by atoms with Crippen molar-refractivity contribution in [3.8, 4) is 0 Å². The fourth-order valence-electron chi connectivity index (χ4n) is 3.45. The summed E-state index contributed by atoms with van der Waals surface area (Å²) in [4.78, 5) is 25.2. The van der Waals surface area contributed by atoms with Crippen LogP contribution < -0.4 is 20.3 Å². The Kier molecular flexibility index (Phi) is 3.60. The molecule has 1 aromatic rings. The third kappa shape index (κ3) is 2.56. The summed E-state index contributed by atoms with van der Waals surface area (Å²) in [5.41, 5.74) is 1.01. The van der Waals surface area contributed by atoms with Gasteiger partial charge in [-0.1, -0.05) is 0 Å². The Morgan fingerprint density at radius 1 is 1.23 bits per heavy atom. The van der Waals surface area contributed by atoms with Gasteiger partial charge in [0, 0.05) is 19.8 Å². The lowest BCUT2D eigenvalue weighted by atomic mass is 10.1. The number of sulfonamides is 1. The van der Waals surface area contributed by atoms with Crippen LogP contribution in [0.1, 0.15) is 25.7 Å². The van der Waals surface area contributed by atoms with Crippen LogP contribution >= 0.6 is 0 Å². The first-order chi connectivity index (χ1) is 12.2.